The van der Waals surface area contributed by atoms with E-state index in [1.807, 2.05) is 12.1 Å². The van der Waals surface area contributed by atoms with Gasteiger partial charge in [0.1, 0.15) is 11.5 Å². The summed E-state index contributed by atoms with van der Waals surface area (Å²) in [5.74, 6) is 1.34. The first kappa shape index (κ1) is 20.5. The Hall–Kier alpha value is -2.20. The Bertz CT molecular complexity index is 794. The van der Waals surface area contributed by atoms with Gasteiger partial charge in [0.05, 0.1) is 7.11 Å². The second-order valence-electron chi connectivity index (χ2n) is 7.96. The first-order chi connectivity index (χ1) is 13.3. The van der Waals surface area contributed by atoms with E-state index in [1.54, 1.807) is 45.2 Å². The molecule has 150 valence electrons. The van der Waals surface area contributed by atoms with Crippen molar-refractivity contribution < 1.29 is 14.3 Å². The van der Waals surface area contributed by atoms with E-state index < -0.39 is 5.60 Å². The third kappa shape index (κ3) is 4.61. The predicted octanol–water partition coefficient (Wildman–Crippen LogP) is 5.13. The van der Waals surface area contributed by atoms with Crippen LogP contribution in [-0.2, 0) is 10.2 Å². The average Bonchev–Trinajstić information content (AvgIpc) is 3.18. The van der Waals surface area contributed by atoms with Crippen LogP contribution in [0.25, 0.3) is 0 Å². The Morgan fingerprint density at radius 2 is 1.61 bits per heavy atom. The molecular formula is C23H28ClNO3. The van der Waals surface area contributed by atoms with Crippen molar-refractivity contribution in [3.8, 4) is 11.5 Å². The highest BCUT2D eigenvalue weighted by atomic mass is 35.5. The number of hydrogen-bond donors (Lipinski definition) is 1. The van der Waals surface area contributed by atoms with Gasteiger partial charge in [0, 0.05) is 17.0 Å². The van der Waals surface area contributed by atoms with Crippen LogP contribution in [0.1, 0.15) is 45.1 Å². The number of benzene rings is 2. The van der Waals surface area contributed by atoms with Crippen molar-refractivity contribution in [2.75, 3.05) is 13.7 Å². The fraction of sp³-hybridized carbons (Fsp3) is 0.435. The van der Waals surface area contributed by atoms with Crippen molar-refractivity contribution in [2.45, 2.75) is 50.5 Å². The SMILES string of the molecule is COc1ccc(C2(CNC(=O)C(C)(C)Oc3ccc(Cl)cc3)CCCC2)cc1. The van der Waals surface area contributed by atoms with Gasteiger partial charge in [-0.05, 0) is 68.7 Å². The number of ether oxygens (including phenoxy) is 2. The van der Waals surface area contributed by atoms with E-state index in [-0.39, 0.29) is 11.3 Å². The number of hydrogen-bond acceptors (Lipinski definition) is 3. The van der Waals surface area contributed by atoms with Gasteiger partial charge in [0.15, 0.2) is 5.60 Å². The van der Waals surface area contributed by atoms with Crippen LogP contribution in [0.15, 0.2) is 48.5 Å². The van der Waals surface area contributed by atoms with Crippen LogP contribution in [0.5, 0.6) is 11.5 Å². The zero-order valence-corrected chi connectivity index (χ0v) is 17.5. The molecule has 0 aliphatic heterocycles. The lowest BCUT2D eigenvalue weighted by atomic mass is 9.78. The lowest BCUT2D eigenvalue weighted by Gasteiger charge is -2.32. The minimum absolute atomic E-state index is 0.0295. The zero-order chi connectivity index (χ0) is 20.2. The molecule has 3 rings (SSSR count). The van der Waals surface area contributed by atoms with Crippen LogP contribution < -0.4 is 14.8 Å². The largest absolute Gasteiger partial charge is 0.497 e. The van der Waals surface area contributed by atoms with Crippen molar-refractivity contribution in [1.29, 1.82) is 0 Å². The minimum atomic E-state index is -0.979. The van der Waals surface area contributed by atoms with Gasteiger partial charge < -0.3 is 14.8 Å². The summed E-state index contributed by atoms with van der Waals surface area (Å²) in [4.78, 5) is 12.9. The van der Waals surface area contributed by atoms with E-state index in [1.165, 1.54) is 18.4 Å². The summed E-state index contributed by atoms with van der Waals surface area (Å²) in [6.07, 6.45) is 4.48. The molecule has 0 saturated heterocycles. The molecular weight excluding hydrogens is 374 g/mol. The zero-order valence-electron chi connectivity index (χ0n) is 16.8. The Morgan fingerprint density at radius 3 is 2.18 bits per heavy atom. The number of methoxy groups -OCH3 is 1. The van der Waals surface area contributed by atoms with Gasteiger partial charge in [-0.15, -0.1) is 0 Å². The summed E-state index contributed by atoms with van der Waals surface area (Å²) < 4.78 is 11.2. The van der Waals surface area contributed by atoms with Crippen molar-refractivity contribution in [1.82, 2.24) is 5.32 Å². The molecule has 2 aromatic carbocycles. The molecule has 0 atom stereocenters. The maximum absolute atomic E-state index is 12.9. The van der Waals surface area contributed by atoms with Crippen LogP contribution in [0, 0.1) is 0 Å². The molecule has 2 aromatic rings. The molecule has 0 unspecified atom stereocenters. The first-order valence-electron chi connectivity index (χ1n) is 9.72. The summed E-state index contributed by atoms with van der Waals surface area (Å²) in [6, 6.07) is 15.3. The molecule has 1 saturated carbocycles. The third-order valence-electron chi connectivity index (χ3n) is 5.58. The quantitative estimate of drug-likeness (QED) is 0.699. The molecule has 0 radical (unpaired) electrons. The average molecular weight is 402 g/mol. The predicted molar refractivity (Wildman–Crippen MR) is 112 cm³/mol. The fourth-order valence-electron chi connectivity index (χ4n) is 3.87. The summed E-state index contributed by atoms with van der Waals surface area (Å²) in [5.41, 5.74) is 0.244. The normalized spacial score (nSPS) is 15.9. The fourth-order valence-corrected chi connectivity index (χ4v) is 4.00. The van der Waals surface area contributed by atoms with Crippen LogP contribution in [-0.4, -0.2) is 25.2 Å². The number of halogens is 1. The lowest BCUT2D eigenvalue weighted by Crippen LogP contribution is -2.50. The van der Waals surface area contributed by atoms with Gasteiger partial charge in [-0.3, -0.25) is 4.79 Å². The van der Waals surface area contributed by atoms with E-state index in [4.69, 9.17) is 21.1 Å². The molecule has 5 heteroatoms. The van der Waals surface area contributed by atoms with Crippen molar-refractivity contribution >= 4 is 17.5 Å². The topological polar surface area (TPSA) is 47.6 Å². The van der Waals surface area contributed by atoms with Gasteiger partial charge in [0.25, 0.3) is 5.91 Å². The maximum atomic E-state index is 12.9. The van der Waals surface area contributed by atoms with E-state index in [2.05, 4.69) is 17.4 Å². The summed E-state index contributed by atoms with van der Waals surface area (Å²) in [5, 5.41) is 3.78. The smallest absolute Gasteiger partial charge is 0.263 e. The molecule has 28 heavy (non-hydrogen) atoms. The lowest BCUT2D eigenvalue weighted by molar-refractivity contribution is -0.134. The van der Waals surface area contributed by atoms with Crippen molar-refractivity contribution in [3.05, 3.63) is 59.1 Å². The standard InChI is InChI=1S/C23H28ClNO3/c1-22(2,28-20-12-8-18(24)9-13-20)21(26)25-16-23(14-4-5-15-23)17-6-10-19(27-3)11-7-17/h6-13H,4-5,14-16H2,1-3H3,(H,25,26). The van der Waals surface area contributed by atoms with Crippen molar-refractivity contribution in [2.24, 2.45) is 0 Å². The summed E-state index contributed by atoms with van der Waals surface area (Å²) >= 11 is 5.92. The number of carbonyl (C=O) groups excluding carboxylic acids is 1. The molecule has 1 aliphatic rings. The molecule has 1 N–H and O–H groups in total. The van der Waals surface area contributed by atoms with Gasteiger partial charge in [-0.1, -0.05) is 36.6 Å². The highest BCUT2D eigenvalue weighted by Crippen LogP contribution is 2.41. The van der Waals surface area contributed by atoms with Crippen LogP contribution in [0.3, 0.4) is 0 Å². The summed E-state index contributed by atoms with van der Waals surface area (Å²) in [6.45, 7) is 4.17. The molecule has 1 amide bonds. The number of nitrogens with one attached hydrogen (secondary N) is 1. The molecule has 4 nitrogen and oxygen atoms in total. The van der Waals surface area contributed by atoms with E-state index in [9.17, 15) is 4.79 Å². The number of amides is 1. The highest BCUT2D eigenvalue weighted by molar-refractivity contribution is 6.30. The Balaban J connectivity index is 1.68. The van der Waals surface area contributed by atoms with E-state index >= 15 is 0 Å². The number of carbonyl (C=O) groups is 1. The molecule has 0 spiro atoms. The molecule has 0 heterocycles. The molecule has 1 aliphatic carbocycles. The molecule has 0 bridgehead atoms. The minimum Gasteiger partial charge on any atom is -0.497 e. The third-order valence-corrected chi connectivity index (χ3v) is 5.84. The maximum Gasteiger partial charge on any atom is 0.263 e. The van der Waals surface area contributed by atoms with Crippen LogP contribution >= 0.6 is 11.6 Å². The van der Waals surface area contributed by atoms with Gasteiger partial charge in [-0.25, -0.2) is 0 Å². The first-order valence-corrected chi connectivity index (χ1v) is 10.1. The van der Waals surface area contributed by atoms with E-state index in [0.717, 1.165) is 18.6 Å². The van der Waals surface area contributed by atoms with E-state index in [0.29, 0.717) is 17.3 Å². The Morgan fingerprint density at radius 1 is 1.04 bits per heavy atom. The molecule has 0 aromatic heterocycles. The highest BCUT2D eigenvalue weighted by Gasteiger charge is 2.38. The van der Waals surface area contributed by atoms with Crippen molar-refractivity contribution in [3.63, 3.8) is 0 Å². The number of rotatable bonds is 7. The van der Waals surface area contributed by atoms with Crippen LogP contribution in [0.2, 0.25) is 5.02 Å². The van der Waals surface area contributed by atoms with Crippen LogP contribution in [0.4, 0.5) is 0 Å². The second-order valence-corrected chi connectivity index (χ2v) is 8.40. The summed E-state index contributed by atoms with van der Waals surface area (Å²) in [7, 11) is 1.67. The monoisotopic (exact) mass is 401 g/mol. The Kier molecular flexibility index (Phi) is 6.19. The van der Waals surface area contributed by atoms with Gasteiger partial charge in [-0.2, -0.15) is 0 Å². The Labute approximate surface area is 172 Å². The van der Waals surface area contributed by atoms with Gasteiger partial charge in [0.2, 0.25) is 0 Å². The second kappa shape index (κ2) is 8.44. The van der Waals surface area contributed by atoms with Gasteiger partial charge >= 0.3 is 0 Å². The molecule has 1 fully saturated rings.